The fourth-order valence-electron chi connectivity index (χ4n) is 2.79. The van der Waals surface area contributed by atoms with Crippen molar-refractivity contribution in [2.24, 2.45) is 0 Å². The number of hydrogen-bond acceptors (Lipinski definition) is 5. The lowest BCUT2D eigenvalue weighted by Gasteiger charge is -2.07. The van der Waals surface area contributed by atoms with Gasteiger partial charge in [-0.3, -0.25) is 14.9 Å². The van der Waals surface area contributed by atoms with Gasteiger partial charge in [-0.05, 0) is 48.6 Å². The number of ether oxygens (including phenoxy) is 1. The van der Waals surface area contributed by atoms with Crippen LogP contribution in [0, 0.1) is 10.1 Å². The van der Waals surface area contributed by atoms with E-state index in [2.05, 4.69) is 12.1 Å². The Hall–Kier alpha value is -2.34. The van der Waals surface area contributed by atoms with Gasteiger partial charge in [0.05, 0.1) is 16.2 Å². The molecular weight excluding hydrogens is 326 g/mol. The number of nitro benzene ring substituents is 1. The van der Waals surface area contributed by atoms with Crippen LogP contribution in [-0.2, 0) is 29.0 Å². The lowest BCUT2D eigenvalue weighted by molar-refractivity contribution is -0.385. The number of para-hydroxylation sites is 1. The number of aryl methyl sites for hydroxylation is 2. The number of thioether (sulfide) groups is 1. The van der Waals surface area contributed by atoms with Crippen LogP contribution in [0.15, 0.2) is 47.4 Å². The van der Waals surface area contributed by atoms with Gasteiger partial charge < -0.3 is 4.74 Å². The molecule has 0 fully saturated rings. The van der Waals surface area contributed by atoms with Crippen molar-refractivity contribution >= 4 is 23.4 Å². The van der Waals surface area contributed by atoms with E-state index in [4.69, 9.17) is 4.74 Å². The number of nitro groups is 1. The predicted molar refractivity (Wildman–Crippen MR) is 92.1 cm³/mol. The van der Waals surface area contributed by atoms with Crippen LogP contribution in [-0.4, -0.2) is 16.6 Å². The number of rotatable bonds is 6. The second-order valence-corrected chi connectivity index (χ2v) is 6.67. The standard InChI is InChI=1S/C18H17NO4S/c20-18(23-11-15-4-1-2-7-17(15)19(21)22)12-24-16-9-8-13-5-3-6-14(13)10-16/h1-2,4,7-10H,3,5-6,11-12H2. The molecule has 0 spiro atoms. The van der Waals surface area contributed by atoms with Crippen molar-refractivity contribution in [3.05, 3.63) is 69.3 Å². The van der Waals surface area contributed by atoms with Crippen LogP contribution >= 0.6 is 11.8 Å². The minimum absolute atomic E-state index is 0.0309. The number of carbonyl (C=O) groups excluding carboxylic acids is 1. The van der Waals surface area contributed by atoms with Crippen molar-refractivity contribution in [1.82, 2.24) is 0 Å². The predicted octanol–water partition coefficient (Wildman–Crippen LogP) is 3.92. The molecule has 5 nitrogen and oxygen atoms in total. The smallest absolute Gasteiger partial charge is 0.316 e. The molecule has 2 aromatic carbocycles. The summed E-state index contributed by atoms with van der Waals surface area (Å²) in [4.78, 5) is 23.4. The molecule has 0 amide bonds. The van der Waals surface area contributed by atoms with Gasteiger partial charge in [-0.25, -0.2) is 0 Å². The number of nitrogens with zero attached hydrogens (tertiary/aromatic N) is 1. The fourth-order valence-corrected chi connectivity index (χ4v) is 3.55. The molecule has 2 aromatic rings. The van der Waals surface area contributed by atoms with Crippen LogP contribution in [0.25, 0.3) is 0 Å². The van der Waals surface area contributed by atoms with Crippen LogP contribution in [0.1, 0.15) is 23.1 Å². The molecule has 0 saturated heterocycles. The zero-order valence-electron chi connectivity index (χ0n) is 13.1. The van der Waals surface area contributed by atoms with Gasteiger partial charge in [0.1, 0.15) is 6.61 Å². The average molecular weight is 343 g/mol. The topological polar surface area (TPSA) is 69.4 Å². The molecule has 1 aliphatic rings. The van der Waals surface area contributed by atoms with E-state index in [-0.39, 0.29) is 24.0 Å². The molecule has 0 aliphatic heterocycles. The molecule has 0 atom stereocenters. The Bertz CT molecular complexity index is 775. The first-order valence-electron chi connectivity index (χ1n) is 7.76. The molecule has 0 N–H and O–H groups in total. The molecule has 124 valence electrons. The zero-order chi connectivity index (χ0) is 16.9. The highest BCUT2D eigenvalue weighted by Crippen LogP contribution is 2.27. The molecule has 0 aromatic heterocycles. The molecule has 6 heteroatoms. The van der Waals surface area contributed by atoms with Gasteiger partial charge in [-0.1, -0.05) is 18.2 Å². The van der Waals surface area contributed by atoms with Gasteiger partial charge in [0.25, 0.3) is 5.69 Å². The first-order chi connectivity index (χ1) is 11.6. The number of fused-ring (bicyclic) bond motifs is 1. The maximum atomic E-state index is 11.9. The summed E-state index contributed by atoms with van der Waals surface area (Å²) in [5.74, 6) is -0.182. The zero-order valence-corrected chi connectivity index (χ0v) is 13.9. The molecule has 1 aliphatic carbocycles. The summed E-state index contributed by atoms with van der Waals surface area (Å²) >= 11 is 1.43. The fraction of sp³-hybridized carbons (Fsp3) is 0.278. The summed E-state index contributed by atoms with van der Waals surface area (Å²) in [6.45, 7) is -0.0826. The largest absolute Gasteiger partial charge is 0.460 e. The Morgan fingerprint density at radius 1 is 1.17 bits per heavy atom. The molecule has 0 radical (unpaired) electrons. The van der Waals surface area contributed by atoms with Crippen molar-refractivity contribution < 1.29 is 14.5 Å². The third-order valence-electron chi connectivity index (χ3n) is 4.00. The van der Waals surface area contributed by atoms with Gasteiger partial charge in [0.2, 0.25) is 0 Å². The summed E-state index contributed by atoms with van der Waals surface area (Å²) in [5.41, 5.74) is 3.14. The van der Waals surface area contributed by atoms with Crippen molar-refractivity contribution in [2.45, 2.75) is 30.8 Å². The molecule has 0 unspecified atom stereocenters. The van der Waals surface area contributed by atoms with E-state index >= 15 is 0 Å². The number of hydrogen-bond donors (Lipinski definition) is 0. The number of esters is 1. The van der Waals surface area contributed by atoms with E-state index < -0.39 is 4.92 Å². The van der Waals surface area contributed by atoms with E-state index in [9.17, 15) is 14.9 Å². The Balaban J connectivity index is 1.52. The monoisotopic (exact) mass is 343 g/mol. The summed E-state index contributed by atoms with van der Waals surface area (Å²) in [6, 6.07) is 12.6. The van der Waals surface area contributed by atoms with E-state index in [1.54, 1.807) is 18.2 Å². The van der Waals surface area contributed by atoms with E-state index in [1.807, 2.05) is 6.07 Å². The molecule has 0 bridgehead atoms. The van der Waals surface area contributed by atoms with Crippen molar-refractivity contribution in [1.29, 1.82) is 0 Å². The van der Waals surface area contributed by atoms with Gasteiger partial charge in [-0.2, -0.15) is 0 Å². The van der Waals surface area contributed by atoms with Crippen LogP contribution in [0.3, 0.4) is 0 Å². The minimum Gasteiger partial charge on any atom is -0.460 e. The Morgan fingerprint density at radius 2 is 1.96 bits per heavy atom. The van der Waals surface area contributed by atoms with Gasteiger partial charge in [0, 0.05) is 11.0 Å². The van der Waals surface area contributed by atoms with Crippen LogP contribution < -0.4 is 0 Å². The van der Waals surface area contributed by atoms with E-state index in [0.717, 1.165) is 17.7 Å². The van der Waals surface area contributed by atoms with Crippen molar-refractivity contribution in [2.75, 3.05) is 5.75 Å². The lowest BCUT2D eigenvalue weighted by Crippen LogP contribution is -2.08. The normalized spacial score (nSPS) is 12.7. The quantitative estimate of drug-likeness (QED) is 0.344. The molecule has 24 heavy (non-hydrogen) atoms. The minimum atomic E-state index is -0.470. The molecular formula is C18H17NO4S. The number of benzene rings is 2. The highest BCUT2D eigenvalue weighted by molar-refractivity contribution is 8.00. The Labute approximate surface area is 144 Å². The second-order valence-electron chi connectivity index (χ2n) is 5.62. The SMILES string of the molecule is O=C(CSc1ccc2c(c1)CCC2)OCc1ccccc1[N+](=O)[O-]. The maximum absolute atomic E-state index is 11.9. The third kappa shape index (κ3) is 3.94. The van der Waals surface area contributed by atoms with Crippen LogP contribution in [0.4, 0.5) is 5.69 Å². The summed E-state index contributed by atoms with van der Waals surface area (Å²) < 4.78 is 5.17. The maximum Gasteiger partial charge on any atom is 0.316 e. The molecule has 0 heterocycles. The van der Waals surface area contributed by atoms with Gasteiger partial charge in [-0.15, -0.1) is 11.8 Å². The Kier molecular flexibility index (Phi) is 5.15. The lowest BCUT2D eigenvalue weighted by atomic mass is 10.1. The number of carbonyl (C=O) groups is 1. The summed E-state index contributed by atoms with van der Waals surface area (Å²) in [7, 11) is 0. The van der Waals surface area contributed by atoms with Crippen LogP contribution in [0.5, 0.6) is 0 Å². The Morgan fingerprint density at radius 3 is 2.79 bits per heavy atom. The summed E-state index contributed by atoms with van der Waals surface area (Å²) in [5, 5.41) is 10.9. The average Bonchev–Trinajstić information content (AvgIpc) is 3.06. The highest BCUT2D eigenvalue weighted by atomic mass is 32.2. The highest BCUT2D eigenvalue weighted by Gasteiger charge is 2.15. The molecule has 0 saturated carbocycles. The molecule has 3 rings (SSSR count). The second kappa shape index (κ2) is 7.49. The van der Waals surface area contributed by atoms with Crippen molar-refractivity contribution in [3.63, 3.8) is 0 Å². The van der Waals surface area contributed by atoms with E-state index in [0.29, 0.717) is 5.56 Å². The van der Waals surface area contributed by atoms with Gasteiger partial charge in [0.15, 0.2) is 0 Å². The van der Waals surface area contributed by atoms with Gasteiger partial charge >= 0.3 is 5.97 Å². The summed E-state index contributed by atoms with van der Waals surface area (Å²) in [6.07, 6.45) is 3.44. The third-order valence-corrected chi connectivity index (χ3v) is 4.97. The van der Waals surface area contributed by atoms with E-state index in [1.165, 1.54) is 35.4 Å². The first-order valence-corrected chi connectivity index (χ1v) is 8.74. The van der Waals surface area contributed by atoms with Crippen LogP contribution in [0.2, 0.25) is 0 Å². The van der Waals surface area contributed by atoms with Crippen molar-refractivity contribution in [3.8, 4) is 0 Å². The first kappa shape index (κ1) is 16.5.